The molecule has 1 amide bonds. The zero-order valence-electron chi connectivity index (χ0n) is 20.2. The summed E-state index contributed by atoms with van der Waals surface area (Å²) in [5, 5.41) is 11.8. The van der Waals surface area contributed by atoms with Gasteiger partial charge in [0.25, 0.3) is 0 Å². The monoisotopic (exact) mass is 472 g/mol. The van der Waals surface area contributed by atoms with Crippen molar-refractivity contribution in [1.82, 2.24) is 30.2 Å². The molecule has 0 aliphatic carbocycles. The van der Waals surface area contributed by atoms with E-state index in [2.05, 4.69) is 40.0 Å². The van der Waals surface area contributed by atoms with E-state index in [0.717, 1.165) is 12.1 Å². The first-order chi connectivity index (χ1) is 16.0. The zero-order valence-corrected chi connectivity index (χ0v) is 20.2. The summed E-state index contributed by atoms with van der Waals surface area (Å²) in [6.45, 7) is 8.40. The predicted molar refractivity (Wildman–Crippen MR) is 126 cm³/mol. The number of aromatic nitrogens is 4. The average Bonchev–Trinajstić information content (AvgIpc) is 2.76. The van der Waals surface area contributed by atoms with Gasteiger partial charge in [-0.15, -0.1) is 0 Å². The minimum absolute atomic E-state index is 0.0524. The van der Waals surface area contributed by atoms with Gasteiger partial charge in [-0.25, -0.2) is 29.5 Å². The number of nitrogens with zero attached hydrogens (tertiary/aromatic N) is 7. The molecule has 0 spiro atoms. The molecule has 2 aromatic heterocycles. The van der Waals surface area contributed by atoms with Gasteiger partial charge < -0.3 is 29.9 Å². The number of anilines is 2. The number of carboxylic acids is 1. The van der Waals surface area contributed by atoms with Crippen molar-refractivity contribution < 1.29 is 19.4 Å². The van der Waals surface area contributed by atoms with Crippen molar-refractivity contribution >= 4 is 24.0 Å². The number of carboxylic acid groups (broad SMARTS) is 1. The fraction of sp³-hybridized carbons (Fsp3) is 0.545. The number of hydrogen-bond donors (Lipinski definition) is 2. The normalized spacial score (nSPS) is 16.5. The van der Waals surface area contributed by atoms with Crippen LogP contribution in [0.25, 0.3) is 0 Å². The maximum absolute atomic E-state index is 11.8. The molecule has 0 aromatic carbocycles. The van der Waals surface area contributed by atoms with E-state index >= 15 is 0 Å². The van der Waals surface area contributed by atoms with Crippen molar-refractivity contribution in [2.75, 3.05) is 50.1 Å². The van der Waals surface area contributed by atoms with Gasteiger partial charge in [0.15, 0.2) is 0 Å². The molecule has 2 N–H and O–H groups in total. The largest absolute Gasteiger partial charge is 0.478 e. The van der Waals surface area contributed by atoms with Crippen LogP contribution >= 0.6 is 0 Å². The molecule has 0 unspecified atom stereocenters. The minimum atomic E-state index is -1.05. The van der Waals surface area contributed by atoms with Crippen LogP contribution in [0.3, 0.4) is 0 Å². The zero-order chi connectivity index (χ0) is 24.9. The van der Waals surface area contributed by atoms with Crippen molar-refractivity contribution in [3.8, 4) is 0 Å². The molecule has 1 fully saturated rings. The van der Waals surface area contributed by atoms with Gasteiger partial charge in [-0.05, 0) is 34.9 Å². The molecule has 1 aliphatic rings. The van der Waals surface area contributed by atoms with Crippen molar-refractivity contribution in [3.63, 3.8) is 0 Å². The highest BCUT2D eigenvalue weighted by Crippen LogP contribution is 2.20. The van der Waals surface area contributed by atoms with Crippen LogP contribution in [-0.2, 0) is 11.3 Å². The fourth-order valence-corrected chi connectivity index (χ4v) is 3.55. The molecule has 1 atom stereocenters. The van der Waals surface area contributed by atoms with Crippen molar-refractivity contribution in [2.45, 2.75) is 39.0 Å². The van der Waals surface area contributed by atoms with Crippen LogP contribution in [-0.4, -0.2) is 93.9 Å². The second-order valence-corrected chi connectivity index (χ2v) is 9.38. The van der Waals surface area contributed by atoms with E-state index in [4.69, 9.17) is 9.84 Å². The third-order valence-electron chi connectivity index (χ3n) is 5.01. The molecule has 1 aliphatic heterocycles. The van der Waals surface area contributed by atoms with Gasteiger partial charge in [-0.3, -0.25) is 0 Å². The number of aromatic carboxylic acids is 1. The van der Waals surface area contributed by atoms with E-state index in [-0.39, 0.29) is 18.2 Å². The van der Waals surface area contributed by atoms with Crippen molar-refractivity contribution in [2.24, 2.45) is 0 Å². The Morgan fingerprint density at radius 1 is 1.09 bits per heavy atom. The number of likely N-dealkylation sites (N-methyl/N-ethyl adjacent to an activating group) is 1. The van der Waals surface area contributed by atoms with E-state index in [0.29, 0.717) is 31.5 Å². The summed E-state index contributed by atoms with van der Waals surface area (Å²) >= 11 is 0. The number of ether oxygens (including phenoxy) is 1. The molecular formula is C22H32N8O4. The number of alkyl carbamates (subject to hydrolysis) is 1. The van der Waals surface area contributed by atoms with Crippen LogP contribution < -0.4 is 15.1 Å². The van der Waals surface area contributed by atoms with Gasteiger partial charge in [0, 0.05) is 63.1 Å². The quantitative estimate of drug-likeness (QED) is 0.602. The highest BCUT2D eigenvalue weighted by atomic mass is 16.6. The minimum Gasteiger partial charge on any atom is -0.478 e. The standard InChI is InChI=1S/C22H32N8O4/c1-22(2,3)34-21(33)27-10-15-8-23-19(24-9-15)29-6-7-30(17(14-29)13-28(4)5)20-25-11-16(12-26-20)18(31)32/h8-9,11-12,17H,6-7,10,13-14H2,1-5H3,(H,27,33)(H,31,32)/t17-/m0/s1. The molecule has 0 radical (unpaired) electrons. The molecule has 34 heavy (non-hydrogen) atoms. The lowest BCUT2D eigenvalue weighted by Crippen LogP contribution is -2.57. The van der Waals surface area contributed by atoms with E-state index in [1.54, 1.807) is 12.4 Å². The van der Waals surface area contributed by atoms with Gasteiger partial charge in [0.05, 0.1) is 11.6 Å². The third-order valence-corrected chi connectivity index (χ3v) is 5.01. The Balaban J connectivity index is 1.64. The van der Waals surface area contributed by atoms with Gasteiger partial charge in [0.2, 0.25) is 11.9 Å². The van der Waals surface area contributed by atoms with Crippen LogP contribution in [0.2, 0.25) is 0 Å². The van der Waals surface area contributed by atoms with Crippen LogP contribution in [0.5, 0.6) is 0 Å². The average molecular weight is 473 g/mol. The second-order valence-electron chi connectivity index (χ2n) is 9.38. The van der Waals surface area contributed by atoms with Gasteiger partial charge >= 0.3 is 12.1 Å². The van der Waals surface area contributed by atoms with Crippen LogP contribution in [0.1, 0.15) is 36.7 Å². The molecule has 12 nitrogen and oxygen atoms in total. The molecule has 184 valence electrons. The van der Waals surface area contributed by atoms with Crippen LogP contribution in [0.4, 0.5) is 16.7 Å². The Bertz CT molecular complexity index is 976. The molecule has 3 heterocycles. The van der Waals surface area contributed by atoms with Gasteiger partial charge in [-0.2, -0.15) is 0 Å². The van der Waals surface area contributed by atoms with E-state index < -0.39 is 17.7 Å². The summed E-state index contributed by atoms with van der Waals surface area (Å²) in [6.07, 6.45) is 5.56. The van der Waals surface area contributed by atoms with E-state index in [9.17, 15) is 9.59 Å². The smallest absolute Gasteiger partial charge is 0.407 e. The second kappa shape index (κ2) is 10.6. The first-order valence-electron chi connectivity index (χ1n) is 11.0. The summed E-state index contributed by atoms with van der Waals surface area (Å²) in [5.41, 5.74) is 0.269. The highest BCUT2D eigenvalue weighted by molar-refractivity contribution is 5.86. The maximum atomic E-state index is 11.8. The van der Waals surface area contributed by atoms with Gasteiger partial charge in [-0.1, -0.05) is 0 Å². The Hall–Kier alpha value is -3.54. The third kappa shape index (κ3) is 6.98. The Labute approximate surface area is 199 Å². The first-order valence-corrected chi connectivity index (χ1v) is 11.0. The summed E-state index contributed by atoms with van der Waals surface area (Å²) in [4.78, 5) is 46.7. The summed E-state index contributed by atoms with van der Waals surface area (Å²) in [5.74, 6) is 0.0515. The summed E-state index contributed by atoms with van der Waals surface area (Å²) < 4.78 is 5.24. The SMILES string of the molecule is CN(C)C[C@H]1CN(c2ncc(CNC(=O)OC(C)(C)C)cn2)CCN1c1ncc(C(=O)O)cn1. The Kier molecular flexibility index (Phi) is 7.82. The fourth-order valence-electron chi connectivity index (χ4n) is 3.55. The number of rotatable bonds is 7. The lowest BCUT2D eigenvalue weighted by molar-refractivity contribution is 0.0523. The Morgan fingerprint density at radius 2 is 1.71 bits per heavy atom. The number of carbonyl (C=O) groups excluding carboxylic acids is 1. The van der Waals surface area contributed by atoms with Gasteiger partial charge in [0.1, 0.15) is 5.60 Å². The van der Waals surface area contributed by atoms with E-state index in [1.165, 1.54) is 12.4 Å². The number of carbonyl (C=O) groups is 2. The number of hydrogen-bond acceptors (Lipinski definition) is 10. The molecule has 1 saturated heterocycles. The summed E-state index contributed by atoms with van der Waals surface area (Å²) in [7, 11) is 3.99. The highest BCUT2D eigenvalue weighted by Gasteiger charge is 2.30. The van der Waals surface area contributed by atoms with Crippen LogP contribution in [0, 0.1) is 0 Å². The van der Waals surface area contributed by atoms with Crippen molar-refractivity contribution in [3.05, 3.63) is 35.9 Å². The van der Waals surface area contributed by atoms with E-state index in [1.807, 2.05) is 34.9 Å². The number of nitrogens with one attached hydrogen (secondary N) is 1. The maximum Gasteiger partial charge on any atom is 0.407 e. The molecular weight excluding hydrogens is 440 g/mol. The molecule has 0 saturated carbocycles. The molecule has 3 rings (SSSR count). The number of amides is 1. The topological polar surface area (TPSA) is 137 Å². The molecule has 0 bridgehead atoms. The van der Waals surface area contributed by atoms with Crippen molar-refractivity contribution in [1.29, 1.82) is 0 Å². The first kappa shape index (κ1) is 25.1. The summed E-state index contributed by atoms with van der Waals surface area (Å²) in [6, 6.07) is 0.0524. The lowest BCUT2D eigenvalue weighted by Gasteiger charge is -2.42. The predicted octanol–water partition coefficient (Wildman–Crippen LogP) is 1.25. The number of piperazine rings is 1. The Morgan fingerprint density at radius 3 is 2.26 bits per heavy atom. The molecule has 2 aromatic rings. The molecule has 12 heteroatoms. The van der Waals surface area contributed by atoms with Crippen LogP contribution in [0.15, 0.2) is 24.8 Å². The lowest BCUT2D eigenvalue weighted by atomic mass is 10.1.